The molecule has 292 valence electrons. The Balaban J connectivity index is 0.840. The van der Waals surface area contributed by atoms with Gasteiger partial charge < -0.3 is 19.5 Å². The van der Waals surface area contributed by atoms with Crippen LogP contribution in [0.15, 0.2) is 146 Å². The number of likely N-dealkylation sites (tertiary alicyclic amines) is 1. The first-order valence-electron chi connectivity index (χ1n) is 19.5. The molecule has 1 N–H and O–H groups in total. The van der Waals surface area contributed by atoms with E-state index in [0.29, 0.717) is 31.1 Å². The quantitative estimate of drug-likeness (QED) is 0.133. The second-order valence-corrected chi connectivity index (χ2v) is 14.8. The predicted molar refractivity (Wildman–Crippen MR) is 214 cm³/mol. The van der Waals surface area contributed by atoms with Crippen molar-refractivity contribution in [3.63, 3.8) is 0 Å². The van der Waals surface area contributed by atoms with Crippen molar-refractivity contribution >= 4 is 11.6 Å². The molecule has 2 aliphatic heterocycles. The third-order valence-electron chi connectivity index (χ3n) is 11.2. The van der Waals surface area contributed by atoms with Crippen molar-refractivity contribution in [3.8, 4) is 5.75 Å². The van der Waals surface area contributed by atoms with Gasteiger partial charge in [-0.05, 0) is 65.9 Å². The van der Waals surface area contributed by atoms with Gasteiger partial charge in [-0.2, -0.15) is 13.2 Å². The molecule has 2 aliphatic rings. The third-order valence-corrected chi connectivity index (χ3v) is 11.2. The van der Waals surface area contributed by atoms with Gasteiger partial charge in [-0.3, -0.25) is 9.69 Å². The summed E-state index contributed by atoms with van der Waals surface area (Å²) < 4.78 is 47.2. The molecule has 0 aliphatic carbocycles. The molecule has 0 saturated carbocycles. The Labute approximate surface area is 331 Å². The van der Waals surface area contributed by atoms with E-state index in [2.05, 4.69) is 104 Å². The van der Waals surface area contributed by atoms with E-state index in [1.54, 1.807) is 18.3 Å². The number of aromatic nitrogens is 3. The summed E-state index contributed by atoms with van der Waals surface area (Å²) in [6, 6.07) is 40.5. The van der Waals surface area contributed by atoms with Gasteiger partial charge in [0.25, 0.3) is 5.91 Å². The lowest BCUT2D eigenvalue weighted by Gasteiger charge is -2.37. The van der Waals surface area contributed by atoms with Crippen molar-refractivity contribution in [2.45, 2.75) is 56.1 Å². The highest BCUT2D eigenvalue weighted by molar-refractivity contribution is 5.92. The maximum atomic E-state index is 13.2. The number of rotatable bonds is 11. The highest BCUT2D eigenvalue weighted by Gasteiger charge is 2.38. The Morgan fingerprint density at radius 1 is 0.684 bits per heavy atom. The van der Waals surface area contributed by atoms with Crippen molar-refractivity contribution in [1.29, 1.82) is 0 Å². The Hall–Kier alpha value is -5.94. The fourth-order valence-electron chi connectivity index (χ4n) is 8.21. The molecule has 6 aromatic rings. The van der Waals surface area contributed by atoms with Crippen LogP contribution in [-0.2, 0) is 18.3 Å². The molecule has 4 heterocycles. The number of hydrogen-bond donors (Lipinski definition) is 1. The molecule has 2 fully saturated rings. The van der Waals surface area contributed by atoms with E-state index >= 15 is 0 Å². The number of halogens is 3. The Morgan fingerprint density at radius 2 is 1.26 bits per heavy atom. The summed E-state index contributed by atoms with van der Waals surface area (Å²) in [7, 11) is 0. The van der Waals surface area contributed by atoms with E-state index in [1.165, 1.54) is 12.1 Å². The molecule has 0 atom stereocenters. The van der Waals surface area contributed by atoms with Crippen LogP contribution in [0.2, 0.25) is 0 Å². The van der Waals surface area contributed by atoms with Gasteiger partial charge in [0, 0.05) is 63.5 Å². The largest absolute Gasteiger partial charge is 0.489 e. The molecule has 0 bridgehead atoms. The summed E-state index contributed by atoms with van der Waals surface area (Å²) in [6.07, 6.45) is 4.40. The fourth-order valence-corrected chi connectivity index (χ4v) is 8.21. The van der Waals surface area contributed by atoms with Crippen LogP contribution in [0.1, 0.15) is 64.1 Å². The van der Waals surface area contributed by atoms with Gasteiger partial charge in [0.15, 0.2) is 0 Å². The number of nitrogens with one attached hydrogen (secondary N) is 1. The van der Waals surface area contributed by atoms with Crippen LogP contribution in [0.5, 0.6) is 5.75 Å². The topological polar surface area (TPSA) is 75.5 Å². The van der Waals surface area contributed by atoms with Crippen molar-refractivity contribution in [2.24, 2.45) is 0 Å². The number of pyridine rings is 1. The first-order valence-corrected chi connectivity index (χ1v) is 19.5. The summed E-state index contributed by atoms with van der Waals surface area (Å²) in [6.45, 7) is 3.71. The van der Waals surface area contributed by atoms with Crippen LogP contribution in [0.4, 0.5) is 18.9 Å². The average molecular weight is 771 g/mol. The van der Waals surface area contributed by atoms with E-state index in [1.807, 2.05) is 24.5 Å². The number of nitrogens with zero attached hydrogens (tertiary/aromatic N) is 5. The molecular formula is C46H45F3N6O2. The van der Waals surface area contributed by atoms with Gasteiger partial charge in [0.05, 0.1) is 23.8 Å². The van der Waals surface area contributed by atoms with Crippen molar-refractivity contribution in [1.82, 2.24) is 24.8 Å². The van der Waals surface area contributed by atoms with E-state index < -0.39 is 17.3 Å². The molecule has 2 aromatic heterocycles. The number of imidazole rings is 1. The zero-order chi connectivity index (χ0) is 39.2. The van der Waals surface area contributed by atoms with Crippen LogP contribution < -0.4 is 15.0 Å². The molecule has 8 rings (SSSR count). The van der Waals surface area contributed by atoms with Crippen LogP contribution in [-0.4, -0.2) is 63.7 Å². The van der Waals surface area contributed by atoms with Crippen molar-refractivity contribution < 1.29 is 22.7 Å². The maximum absolute atomic E-state index is 13.2. The number of alkyl halides is 3. The lowest BCUT2D eigenvalue weighted by atomic mass is 9.77. The van der Waals surface area contributed by atoms with Crippen molar-refractivity contribution in [3.05, 3.63) is 180 Å². The number of anilines is 1. The highest BCUT2D eigenvalue weighted by atomic mass is 19.4. The first kappa shape index (κ1) is 38.0. The molecule has 0 unspecified atom stereocenters. The smallest absolute Gasteiger partial charge is 0.416 e. The molecule has 0 spiro atoms. The second kappa shape index (κ2) is 16.7. The number of amides is 1. The number of ether oxygens (including phenoxy) is 1. The van der Waals surface area contributed by atoms with Crippen LogP contribution in [0.3, 0.4) is 0 Å². The van der Waals surface area contributed by atoms with Gasteiger partial charge in [0.2, 0.25) is 0 Å². The monoisotopic (exact) mass is 770 g/mol. The summed E-state index contributed by atoms with van der Waals surface area (Å²) >= 11 is 0. The van der Waals surface area contributed by atoms with Gasteiger partial charge in [-0.15, -0.1) is 0 Å². The van der Waals surface area contributed by atoms with Gasteiger partial charge >= 0.3 is 6.18 Å². The van der Waals surface area contributed by atoms with E-state index in [9.17, 15) is 18.0 Å². The highest BCUT2D eigenvalue weighted by Crippen LogP contribution is 2.41. The SMILES string of the molecule is O=C(NC1CCN(Cc2cn(C(c3ccccc3)(c3ccccc3)c3ccccc3)cn2)CC1)c1ccc(OC2CCN(c3ccc(C(F)(F)F)cc3)CC2)cn1. The lowest BCUT2D eigenvalue weighted by Crippen LogP contribution is -2.44. The third kappa shape index (κ3) is 8.44. The molecule has 1 amide bonds. The zero-order valence-electron chi connectivity index (χ0n) is 31.6. The Morgan fingerprint density at radius 3 is 1.79 bits per heavy atom. The van der Waals surface area contributed by atoms with Gasteiger partial charge in [0.1, 0.15) is 23.1 Å². The number of carbonyl (C=O) groups excluding carboxylic acids is 1. The van der Waals surface area contributed by atoms with E-state index in [0.717, 1.165) is 79.0 Å². The van der Waals surface area contributed by atoms with Crippen LogP contribution in [0.25, 0.3) is 0 Å². The predicted octanol–water partition coefficient (Wildman–Crippen LogP) is 8.58. The molecule has 2 saturated heterocycles. The van der Waals surface area contributed by atoms with Crippen LogP contribution in [0, 0.1) is 0 Å². The van der Waals surface area contributed by atoms with Crippen molar-refractivity contribution in [2.75, 3.05) is 31.1 Å². The standard InChI is InChI=1S/C46H45F3N6O2/c47-46(48,49)37-16-18-40(19-17-37)54-28-24-41(25-29-54)57-42-20-21-43(50-30-42)44(56)52-38-22-26-53(27-23-38)31-39-32-55(33-51-39)45(34-10-4-1-5-11-34,35-12-6-2-7-13-35)36-14-8-3-9-15-36/h1-21,30,32-33,38,41H,22-29,31H2,(H,52,56). The zero-order valence-corrected chi connectivity index (χ0v) is 31.6. The normalized spacial score (nSPS) is 16.0. The molecule has 11 heteroatoms. The van der Waals surface area contributed by atoms with E-state index in [-0.39, 0.29) is 18.1 Å². The van der Waals surface area contributed by atoms with Gasteiger partial charge in [-0.1, -0.05) is 91.0 Å². The first-order chi connectivity index (χ1) is 27.8. The number of piperidine rings is 2. The maximum Gasteiger partial charge on any atom is 0.416 e. The van der Waals surface area contributed by atoms with Crippen LogP contribution >= 0.6 is 0 Å². The minimum Gasteiger partial charge on any atom is -0.489 e. The number of carbonyl (C=O) groups is 1. The summed E-state index contributed by atoms with van der Waals surface area (Å²) in [5.74, 6) is 0.381. The number of hydrogen-bond acceptors (Lipinski definition) is 6. The Bertz CT molecular complexity index is 2100. The fraction of sp³-hybridized carbons (Fsp3) is 0.283. The number of benzene rings is 4. The minimum atomic E-state index is -4.35. The lowest BCUT2D eigenvalue weighted by molar-refractivity contribution is -0.137. The van der Waals surface area contributed by atoms with Gasteiger partial charge in [-0.25, -0.2) is 9.97 Å². The molecule has 8 nitrogen and oxygen atoms in total. The average Bonchev–Trinajstić information content (AvgIpc) is 3.71. The summed E-state index contributed by atoms with van der Waals surface area (Å²) in [5, 5.41) is 3.17. The minimum absolute atomic E-state index is 0.0424. The second-order valence-electron chi connectivity index (χ2n) is 14.8. The molecule has 4 aromatic carbocycles. The summed E-state index contributed by atoms with van der Waals surface area (Å²) in [4.78, 5) is 27.0. The summed E-state index contributed by atoms with van der Waals surface area (Å²) in [5.41, 5.74) is 4.29. The molecule has 0 radical (unpaired) electrons. The van der Waals surface area contributed by atoms with E-state index in [4.69, 9.17) is 9.72 Å². The molecule has 57 heavy (non-hydrogen) atoms. The Kier molecular flexibility index (Phi) is 11.1. The molecular weight excluding hydrogens is 726 g/mol.